The Kier molecular flexibility index (Phi) is 4.26. The average molecular weight is 296 g/mol. The van der Waals surface area contributed by atoms with Gasteiger partial charge >= 0.3 is 0 Å². The van der Waals surface area contributed by atoms with Crippen molar-refractivity contribution in [3.05, 3.63) is 63.4 Å². The summed E-state index contributed by atoms with van der Waals surface area (Å²) < 4.78 is 18.9. The minimum Gasteiger partial charge on any atom is -0.486 e. The lowest BCUT2D eigenvalue weighted by Gasteiger charge is -2.08. The summed E-state index contributed by atoms with van der Waals surface area (Å²) in [4.78, 5) is 0. The molecule has 0 aromatic heterocycles. The predicted octanol–water partition coefficient (Wildman–Crippen LogP) is 4.58. The van der Waals surface area contributed by atoms with Crippen LogP contribution in [0, 0.1) is 17.1 Å². The maximum atomic E-state index is 13.6. The molecule has 2 nitrogen and oxygen atoms in total. The van der Waals surface area contributed by atoms with Gasteiger partial charge in [-0.05, 0) is 35.9 Å². The van der Waals surface area contributed by atoms with Crippen LogP contribution in [0.15, 0.2) is 36.4 Å². The summed E-state index contributed by atoms with van der Waals surface area (Å²) in [5, 5.41) is 9.51. The highest BCUT2D eigenvalue weighted by molar-refractivity contribution is 6.42. The molecule has 0 spiro atoms. The molecule has 0 atom stereocenters. The Bertz CT molecular complexity index is 652. The normalized spacial score (nSPS) is 10.0. The highest BCUT2D eigenvalue weighted by atomic mass is 35.5. The molecule has 0 saturated carbocycles. The molecule has 0 aliphatic rings. The van der Waals surface area contributed by atoms with E-state index in [1.807, 2.05) is 6.07 Å². The van der Waals surface area contributed by atoms with Crippen molar-refractivity contribution in [1.29, 1.82) is 5.26 Å². The van der Waals surface area contributed by atoms with E-state index < -0.39 is 5.82 Å². The lowest BCUT2D eigenvalue weighted by Crippen LogP contribution is -1.97. The molecule has 0 amide bonds. The van der Waals surface area contributed by atoms with Crippen molar-refractivity contribution in [3.63, 3.8) is 0 Å². The third kappa shape index (κ3) is 3.37. The molecule has 0 saturated heterocycles. The topological polar surface area (TPSA) is 33.0 Å². The van der Waals surface area contributed by atoms with Crippen LogP contribution in [0.4, 0.5) is 4.39 Å². The predicted molar refractivity (Wildman–Crippen MR) is 71.9 cm³/mol. The first-order valence-corrected chi connectivity index (χ1v) is 6.12. The van der Waals surface area contributed by atoms with Gasteiger partial charge in [-0.2, -0.15) is 5.26 Å². The second-order valence-corrected chi connectivity index (χ2v) is 4.61. The molecule has 19 heavy (non-hydrogen) atoms. The fourth-order valence-corrected chi connectivity index (χ4v) is 1.80. The van der Waals surface area contributed by atoms with E-state index in [9.17, 15) is 4.39 Å². The zero-order valence-electron chi connectivity index (χ0n) is 9.66. The summed E-state index contributed by atoms with van der Waals surface area (Å²) in [5.74, 6) is -0.482. The molecular formula is C14H8Cl2FNO. The quantitative estimate of drug-likeness (QED) is 0.830. The first-order valence-electron chi connectivity index (χ1n) is 5.36. The highest BCUT2D eigenvalue weighted by Crippen LogP contribution is 2.24. The smallest absolute Gasteiger partial charge is 0.166 e. The fourth-order valence-electron chi connectivity index (χ4n) is 1.48. The molecule has 0 fully saturated rings. The zero-order chi connectivity index (χ0) is 13.8. The maximum Gasteiger partial charge on any atom is 0.166 e. The van der Waals surface area contributed by atoms with Crippen molar-refractivity contribution in [2.24, 2.45) is 0 Å². The molecule has 0 unspecified atom stereocenters. The van der Waals surface area contributed by atoms with Gasteiger partial charge in [0, 0.05) is 0 Å². The molecule has 0 N–H and O–H groups in total. The van der Waals surface area contributed by atoms with Gasteiger partial charge < -0.3 is 4.74 Å². The molecule has 0 aliphatic heterocycles. The largest absolute Gasteiger partial charge is 0.486 e. The van der Waals surface area contributed by atoms with E-state index >= 15 is 0 Å². The molecule has 2 aromatic carbocycles. The van der Waals surface area contributed by atoms with E-state index in [1.54, 1.807) is 18.2 Å². The average Bonchev–Trinajstić information content (AvgIpc) is 2.41. The first kappa shape index (κ1) is 13.7. The van der Waals surface area contributed by atoms with E-state index in [-0.39, 0.29) is 17.9 Å². The second-order valence-electron chi connectivity index (χ2n) is 3.79. The van der Waals surface area contributed by atoms with Crippen molar-refractivity contribution in [2.75, 3.05) is 0 Å². The summed E-state index contributed by atoms with van der Waals surface area (Å²) in [6.45, 7) is 0.166. The Labute approximate surface area is 119 Å². The summed E-state index contributed by atoms with van der Waals surface area (Å²) in [6.07, 6.45) is 0. The molecule has 0 heterocycles. The van der Waals surface area contributed by atoms with Crippen LogP contribution in [0.3, 0.4) is 0 Å². The maximum absolute atomic E-state index is 13.6. The Morgan fingerprint density at radius 2 is 1.89 bits per heavy atom. The lowest BCUT2D eigenvalue weighted by atomic mass is 10.2. The number of nitrogens with zero attached hydrogens (tertiary/aromatic N) is 1. The molecule has 0 bridgehead atoms. The first-order chi connectivity index (χ1) is 9.10. The van der Waals surface area contributed by atoms with Crippen LogP contribution in [0.5, 0.6) is 5.75 Å². The van der Waals surface area contributed by atoms with Crippen molar-refractivity contribution in [3.8, 4) is 11.8 Å². The third-order valence-electron chi connectivity index (χ3n) is 2.44. The Balaban J connectivity index is 2.10. The van der Waals surface area contributed by atoms with Crippen LogP contribution in [-0.2, 0) is 6.61 Å². The minimum absolute atomic E-state index is 0.0880. The van der Waals surface area contributed by atoms with E-state index in [1.165, 1.54) is 12.1 Å². The molecular weight excluding hydrogens is 288 g/mol. The molecule has 2 aromatic rings. The molecule has 2 rings (SSSR count). The fraction of sp³-hybridized carbons (Fsp3) is 0.0714. The van der Waals surface area contributed by atoms with Gasteiger partial charge in [-0.25, -0.2) is 4.39 Å². The third-order valence-corrected chi connectivity index (χ3v) is 3.18. The van der Waals surface area contributed by atoms with Gasteiger partial charge in [0.1, 0.15) is 6.61 Å². The number of rotatable bonds is 3. The van der Waals surface area contributed by atoms with Gasteiger partial charge in [-0.1, -0.05) is 29.3 Å². The Morgan fingerprint density at radius 3 is 2.53 bits per heavy atom. The number of halogens is 3. The number of ether oxygens (including phenoxy) is 1. The van der Waals surface area contributed by atoms with Gasteiger partial charge in [0.15, 0.2) is 11.6 Å². The van der Waals surface area contributed by atoms with Crippen LogP contribution in [0.2, 0.25) is 10.0 Å². The van der Waals surface area contributed by atoms with Crippen LogP contribution in [-0.4, -0.2) is 0 Å². The molecule has 0 radical (unpaired) electrons. The summed E-state index contributed by atoms with van der Waals surface area (Å²) >= 11 is 11.7. The van der Waals surface area contributed by atoms with E-state index in [0.717, 1.165) is 11.6 Å². The van der Waals surface area contributed by atoms with Crippen molar-refractivity contribution in [1.82, 2.24) is 0 Å². The number of hydrogen-bond donors (Lipinski definition) is 0. The summed E-state index contributed by atoms with van der Waals surface area (Å²) in [6, 6.07) is 11.0. The van der Waals surface area contributed by atoms with Crippen LogP contribution >= 0.6 is 23.2 Å². The van der Waals surface area contributed by atoms with Crippen LogP contribution in [0.25, 0.3) is 0 Å². The van der Waals surface area contributed by atoms with Crippen LogP contribution < -0.4 is 4.74 Å². The van der Waals surface area contributed by atoms with Gasteiger partial charge in [-0.3, -0.25) is 0 Å². The summed E-state index contributed by atoms with van der Waals surface area (Å²) in [5.41, 5.74) is 1.03. The monoisotopic (exact) mass is 295 g/mol. The minimum atomic E-state index is -0.570. The second kappa shape index (κ2) is 5.92. The van der Waals surface area contributed by atoms with E-state index in [4.69, 9.17) is 33.2 Å². The molecule has 0 aliphatic carbocycles. The highest BCUT2D eigenvalue weighted by Gasteiger charge is 2.06. The Hall–Kier alpha value is -1.76. The lowest BCUT2D eigenvalue weighted by molar-refractivity contribution is 0.290. The van der Waals surface area contributed by atoms with E-state index in [0.29, 0.717) is 10.0 Å². The summed E-state index contributed by atoms with van der Waals surface area (Å²) in [7, 11) is 0. The van der Waals surface area contributed by atoms with Gasteiger partial charge in [0.25, 0.3) is 0 Å². The zero-order valence-corrected chi connectivity index (χ0v) is 11.2. The SMILES string of the molecule is N#Cc1ccc(OCc2ccc(Cl)c(Cl)c2)c(F)c1. The van der Waals surface area contributed by atoms with Crippen molar-refractivity contribution in [2.45, 2.75) is 6.61 Å². The standard InChI is InChI=1S/C14H8Cl2FNO/c15-11-3-1-10(5-12(11)16)8-19-14-4-2-9(7-18)6-13(14)17/h1-6H,8H2. The number of hydrogen-bond acceptors (Lipinski definition) is 2. The van der Waals surface area contributed by atoms with E-state index in [2.05, 4.69) is 0 Å². The molecule has 5 heteroatoms. The van der Waals surface area contributed by atoms with Gasteiger partial charge in [0.05, 0.1) is 21.7 Å². The molecule has 96 valence electrons. The van der Waals surface area contributed by atoms with Gasteiger partial charge in [0.2, 0.25) is 0 Å². The number of benzene rings is 2. The number of nitriles is 1. The van der Waals surface area contributed by atoms with Crippen molar-refractivity contribution >= 4 is 23.2 Å². The Morgan fingerprint density at radius 1 is 1.11 bits per heavy atom. The van der Waals surface area contributed by atoms with Crippen LogP contribution in [0.1, 0.15) is 11.1 Å². The van der Waals surface area contributed by atoms with Crippen molar-refractivity contribution < 1.29 is 9.13 Å². The van der Waals surface area contributed by atoms with Gasteiger partial charge in [-0.15, -0.1) is 0 Å².